The second kappa shape index (κ2) is 42.8. The summed E-state index contributed by atoms with van der Waals surface area (Å²) in [6.07, 6.45) is 32.3. The number of aliphatic hydroxyl groups excluding tert-OH is 8. The monoisotopic (exact) mass is 1000 g/mol. The minimum atomic E-state index is -1.79. The van der Waals surface area contributed by atoms with Gasteiger partial charge in [-0.15, -0.1) is 0 Å². The summed E-state index contributed by atoms with van der Waals surface area (Å²) < 4.78 is 22.7. The summed E-state index contributed by atoms with van der Waals surface area (Å²) in [5.41, 5.74) is 0. The fraction of sp³-hybridized carbons (Fsp3) is 0.911. The standard InChI is InChI=1S/C56H105NO13/c1-3-5-7-9-11-13-15-16-17-18-19-20-21-22-23-24-25-26-27-28-30-32-34-36-38-40-48(61)57-44(45(60)39-37-35-33-31-29-14-12-10-8-6-4-2)43-67-55-53(66)51(64)54(47(42-59)69-55)70-56-52(65)50(63)49(62)46(41-58)68-56/h18-19,37,39,44-47,49-56,58-60,62-66H,3-17,20-36,38,40-43H2,1-2H3,(H,57,61)/b19-18-,39-37+. The molecule has 0 aromatic heterocycles. The largest absolute Gasteiger partial charge is 0.394 e. The molecule has 12 atom stereocenters. The van der Waals surface area contributed by atoms with Gasteiger partial charge in [0.15, 0.2) is 12.6 Å². The van der Waals surface area contributed by atoms with E-state index < -0.39 is 86.8 Å². The fourth-order valence-corrected chi connectivity index (χ4v) is 9.46. The third-order valence-electron chi connectivity index (χ3n) is 14.1. The Hall–Kier alpha value is -1.53. The van der Waals surface area contributed by atoms with Gasteiger partial charge >= 0.3 is 0 Å². The van der Waals surface area contributed by atoms with E-state index >= 15 is 0 Å². The molecule has 2 aliphatic rings. The van der Waals surface area contributed by atoms with Crippen LogP contribution >= 0.6 is 0 Å². The minimum absolute atomic E-state index is 0.239. The molecule has 14 heteroatoms. The Kier molecular flexibility index (Phi) is 39.5. The molecule has 2 rings (SSSR count). The van der Waals surface area contributed by atoms with Crippen molar-refractivity contribution in [3.63, 3.8) is 0 Å². The first-order valence-electron chi connectivity index (χ1n) is 28.6. The molecule has 1 amide bonds. The van der Waals surface area contributed by atoms with Crippen molar-refractivity contribution in [2.24, 2.45) is 0 Å². The van der Waals surface area contributed by atoms with E-state index in [1.807, 2.05) is 6.08 Å². The highest BCUT2D eigenvalue weighted by molar-refractivity contribution is 5.76. The number of nitrogens with one attached hydrogen (secondary N) is 1. The lowest BCUT2D eigenvalue weighted by Gasteiger charge is -2.46. The normalized spacial score (nSPS) is 26.1. The minimum Gasteiger partial charge on any atom is -0.394 e. The molecule has 12 unspecified atom stereocenters. The van der Waals surface area contributed by atoms with E-state index in [-0.39, 0.29) is 18.9 Å². The van der Waals surface area contributed by atoms with Crippen molar-refractivity contribution in [3.8, 4) is 0 Å². The number of carbonyl (C=O) groups excluding carboxylic acids is 1. The van der Waals surface area contributed by atoms with Gasteiger partial charge in [-0.2, -0.15) is 0 Å². The van der Waals surface area contributed by atoms with Gasteiger partial charge < -0.3 is 65.1 Å². The zero-order chi connectivity index (χ0) is 51.0. The maximum atomic E-state index is 13.2. The first kappa shape index (κ1) is 64.6. The third-order valence-corrected chi connectivity index (χ3v) is 14.1. The van der Waals surface area contributed by atoms with Crippen LogP contribution in [0.4, 0.5) is 0 Å². The third kappa shape index (κ3) is 28.8. The number of aliphatic hydroxyl groups is 8. The summed E-state index contributed by atoms with van der Waals surface area (Å²) in [6, 6.07) is -0.910. The quantitative estimate of drug-likeness (QED) is 0.0205. The van der Waals surface area contributed by atoms with Crippen LogP contribution in [0.5, 0.6) is 0 Å². The summed E-state index contributed by atoms with van der Waals surface area (Å²) >= 11 is 0. The Morgan fingerprint density at radius 2 is 0.900 bits per heavy atom. The summed E-state index contributed by atoms with van der Waals surface area (Å²) in [7, 11) is 0. The molecule has 412 valence electrons. The van der Waals surface area contributed by atoms with E-state index in [0.29, 0.717) is 6.42 Å². The molecular formula is C56H105NO13. The average molecular weight is 1000 g/mol. The first-order valence-corrected chi connectivity index (χ1v) is 28.6. The van der Waals surface area contributed by atoms with Crippen molar-refractivity contribution < 1.29 is 64.6 Å². The topological polar surface area (TPSA) is 228 Å². The van der Waals surface area contributed by atoms with Crippen LogP contribution in [0.15, 0.2) is 24.3 Å². The van der Waals surface area contributed by atoms with Crippen molar-refractivity contribution in [3.05, 3.63) is 24.3 Å². The number of amides is 1. The maximum Gasteiger partial charge on any atom is 0.220 e. The van der Waals surface area contributed by atoms with Crippen LogP contribution in [0.2, 0.25) is 0 Å². The highest BCUT2D eigenvalue weighted by atomic mass is 16.7. The van der Waals surface area contributed by atoms with Crippen molar-refractivity contribution in [1.82, 2.24) is 5.32 Å². The molecule has 0 aliphatic carbocycles. The average Bonchev–Trinajstić information content (AvgIpc) is 3.36. The number of hydrogen-bond donors (Lipinski definition) is 9. The number of hydrogen-bond acceptors (Lipinski definition) is 13. The van der Waals surface area contributed by atoms with Crippen LogP contribution in [0.25, 0.3) is 0 Å². The molecule has 2 heterocycles. The molecule has 0 aromatic carbocycles. The zero-order valence-electron chi connectivity index (χ0n) is 44.0. The van der Waals surface area contributed by atoms with Gasteiger partial charge in [-0.05, 0) is 44.9 Å². The zero-order valence-corrected chi connectivity index (χ0v) is 44.0. The Bertz CT molecular complexity index is 1270. The van der Waals surface area contributed by atoms with Crippen LogP contribution in [0.1, 0.15) is 232 Å². The van der Waals surface area contributed by atoms with Crippen molar-refractivity contribution in [1.29, 1.82) is 0 Å². The molecule has 0 radical (unpaired) electrons. The highest BCUT2D eigenvalue weighted by Gasteiger charge is 2.51. The second-order valence-corrected chi connectivity index (χ2v) is 20.4. The maximum absolute atomic E-state index is 13.2. The fourth-order valence-electron chi connectivity index (χ4n) is 9.46. The van der Waals surface area contributed by atoms with Crippen LogP contribution < -0.4 is 5.32 Å². The van der Waals surface area contributed by atoms with Gasteiger partial charge in [0.2, 0.25) is 5.91 Å². The Balaban J connectivity index is 1.71. The van der Waals surface area contributed by atoms with Crippen molar-refractivity contribution in [2.75, 3.05) is 19.8 Å². The number of allylic oxidation sites excluding steroid dienone is 3. The Morgan fingerprint density at radius 3 is 1.36 bits per heavy atom. The van der Waals surface area contributed by atoms with Gasteiger partial charge in [0.25, 0.3) is 0 Å². The predicted molar refractivity (Wildman–Crippen MR) is 277 cm³/mol. The summed E-state index contributed by atoms with van der Waals surface area (Å²) in [5, 5.41) is 86.8. The van der Waals surface area contributed by atoms with E-state index in [0.717, 1.165) is 38.5 Å². The van der Waals surface area contributed by atoms with Crippen molar-refractivity contribution in [2.45, 2.75) is 306 Å². The molecule has 9 N–H and O–H groups in total. The Morgan fingerprint density at radius 1 is 0.500 bits per heavy atom. The summed E-state index contributed by atoms with van der Waals surface area (Å²) in [6.45, 7) is 2.78. The van der Waals surface area contributed by atoms with Gasteiger partial charge in [-0.3, -0.25) is 4.79 Å². The van der Waals surface area contributed by atoms with Crippen LogP contribution in [0, 0.1) is 0 Å². The van der Waals surface area contributed by atoms with Crippen LogP contribution in [-0.4, -0.2) is 140 Å². The summed E-state index contributed by atoms with van der Waals surface area (Å²) in [5.74, 6) is -0.239. The van der Waals surface area contributed by atoms with Gasteiger partial charge in [0.1, 0.15) is 48.8 Å². The number of unbranched alkanes of at least 4 members (excludes halogenated alkanes) is 30. The van der Waals surface area contributed by atoms with Gasteiger partial charge in [-0.25, -0.2) is 0 Å². The molecule has 0 bridgehead atoms. The SMILES string of the molecule is CCCCCCCCCC/C=C\CCCCCCCCCCCCCCCC(=O)NC(COC1OC(CO)C(OC2OC(CO)C(O)C(O)C2O)C(O)C1O)C(O)/C=C/CCCCCCCCCCC. The number of rotatable bonds is 45. The molecule has 2 fully saturated rings. The molecule has 2 saturated heterocycles. The predicted octanol–water partition coefficient (Wildman–Crippen LogP) is 8.89. The first-order chi connectivity index (χ1) is 34.1. The van der Waals surface area contributed by atoms with Gasteiger partial charge in [-0.1, -0.05) is 205 Å². The number of carbonyl (C=O) groups is 1. The van der Waals surface area contributed by atoms with E-state index in [9.17, 15) is 45.6 Å². The molecule has 2 aliphatic heterocycles. The molecule has 0 spiro atoms. The molecule has 14 nitrogen and oxygen atoms in total. The Labute approximate surface area is 424 Å². The van der Waals surface area contributed by atoms with Gasteiger partial charge in [0, 0.05) is 6.42 Å². The van der Waals surface area contributed by atoms with Crippen LogP contribution in [0.3, 0.4) is 0 Å². The molecule has 70 heavy (non-hydrogen) atoms. The van der Waals surface area contributed by atoms with E-state index in [2.05, 4.69) is 31.3 Å². The lowest BCUT2D eigenvalue weighted by Crippen LogP contribution is -2.65. The molecule has 0 aromatic rings. The molecular weight excluding hydrogens is 895 g/mol. The lowest BCUT2D eigenvalue weighted by molar-refractivity contribution is -0.359. The van der Waals surface area contributed by atoms with Crippen LogP contribution in [-0.2, 0) is 23.7 Å². The highest BCUT2D eigenvalue weighted by Crippen LogP contribution is 2.30. The van der Waals surface area contributed by atoms with E-state index in [1.54, 1.807) is 6.08 Å². The van der Waals surface area contributed by atoms with Gasteiger partial charge in [0.05, 0.1) is 32.0 Å². The second-order valence-electron chi connectivity index (χ2n) is 20.4. The smallest absolute Gasteiger partial charge is 0.220 e. The summed E-state index contributed by atoms with van der Waals surface area (Å²) in [4.78, 5) is 13.2. The van der Waals surface area contributed by atoms with E-state index in [4.69, 9.17) is 18.9 Å². The molecule has 0 saturated carbocycles. The van der Waals surface area contributed by atoms with Crippen molar-refractivity contribution >= 4 is 5.91 Å². The lowest BCUT2D eigenvalue weighted by atomic mass is 9.97. The number of ether oxygens (including phenoxy) is 4. The van der Waals surface area contributed by atoms with E-state index in [1.165, 1.54) is 167 Å².